The van der Waals surface area contributed by atoms with E-state index in [1.807, 2.05) is 27.7 Å². The number of hydrogen-bond acceptors (Lipinski definition) is 5. The zero-order valence-electron chi connectivity index (χ0n) is 19.1. The summed E-state index contributed by atoms with van der Waals surface area (Å²) >= 11 is 0. The lowest BCUT2D eigenvalue weighted by molar-refractivity contribution is -0.384. The predicted molar refractivity (Wildman–Crippen MR) is 122 cm³/mol. The van der Waals surface area contributed by atoms with Gasteiger partial charge in [-0.3, -0.25) is 19.7 Å². The van der Waals surface area contributed by atoms with E-state index in [9.17, 15) is 19.7 Å². The van der Waals surface area contributed by atoms with E-state index in [1.165, 1.54) is 10.7 Å². The maximum Gasteiger partial charge on any atom is 0.295 e. The first kappa shape index (κ1) is 23.4. The molecular weight excluding hydrogens is 408 g/mol. The normalized spacial score (nSPS) is 14.8. The molecule has 8 nitrogen and oxygen atoms in total. The molecule has 8 heteroatoms. The Morgan fingerprint density at radius 2 is 2.09 bits per heavy atom. The highest BCUT2D eigenvalue weighted by Crippen LogP contribution is 2.38. The molecule has 0 radical (unpaired) electrons. The third-order valence-electron chi connectivity index (χ3n) is 5.54. The number of fused-ring (bicyclic) bond motifs is 1. The van der Waals surface area contributed by atoms with Gasteiger partial charge in [0.1, 0.15) is 5.69 Å². The van der Waals surface area contributed by atoms with E-state index in [2.05, 4.69) is 17.0 Å². The average molecular weight is 439 g/mol. The van der Waals surface area contributed by atoms with Gasteiger partial charge < -0.3 is 5.32 Å². The van der Waals surface area contributed by atoms with Crippen LogP contribution in [0.3, 0.4) is 0 Å². The zero-order valence-corrected chi connectivity index (χ0v) is 19.1. The Morgan fingerprint density at radius 1 is 1.38 bits per heavy atom. The number of rotatable bonds is 8. The topological polar surface area (TPSA) is 107 Å². The molecule has 0 aliphatic heterocycles. The van der Waals surface area contributed by atoms with Crippen LogP contribution < -0.4 is 5.32 Å². The first-order chi connectivity index (χ1) is 15.0. The second-order valence-corrected chi connectivity index (χ2v) is 9.51. The molecule has 2 aromatic rings. The number of carbonyl (C=O) groups is 2. The number of nitrogens with one attached hydrogen (secondary N) is 1. The molecule has 1 heterocycles. The van der Waals surface area contributed by atoms with Crippen molar-refractivity contribution in [2.24, 2.45) is 11.3 Å². The van der Waals surface area contributed by atoms with E-state index in [0.29, 0.717) is 49.2 Å². The number of nitro groups is 1. The molecule has 3 rings (SSSR count). The molecule has 0 bridgehead atoms. The molecule has 1 aliphatic carbocycles. The monoisotopic (exact) mass is 438 g/mol. The summed E-state index contributed by atoms with van der Waals surface area (Å²) in [6, 6.07) is 4.38. The van der Waals surface area contributed by atoms with Crippen molar-refractivity contribution < 1.29 is 14.5 Å². The highest BCUT2D eigenvalue weighted by Gasteiger charge is 2.37. The SMILES string of the molecule is C=CCCc1nn(-c2ccc(C(=O)NCC(C)C)cc2[N+](=O)[O-])c2c1C(=O)CC(C)(C)C2. The Bertz CT molecular complexity index is 1080. The molecule has 32 heavy (non-hydrogen) atoms. The Labute approximate surface area is 187 Å². The zero-order chi connectivity index (χ0) is 23.6. The molecule has 1 aliphatic rings. The lowest BCUT2D eigenvalue weighted by Gasteiger charge is -2.29. The van der Waals surface area contributed by atoms with Crippen LogP contribution in [0, 0.1) is 21.4 Å². The van der Waals surface area contributed by atoms with Crippen LogP contribution in [0.5, 0.6) is 0 Å². The fourth-order valence-electron chi connectivity index (χ4n) is 4.03. The summed E-state index contributed by atoms with van der Waals surface area (Å²) in [6.07, 6.45) is 3.92. The van der Waals surface area contributed by atoms with Crippen molar-refractivity contribution in [3.63, 3.8) is 0 Å². The van der Waals surface area contributed by atoms with E-state index in [0.717, 1.165) is 0 Å². The van der Waals surface area contributed by atoms with Crippen molar-refractivity contribution in [3.05, 3.63) is 63.5 Å². The van der Waals surface area contributed by atoms with Crippen LogP contribution in [0.1, 0.15) is 72.6 Å². The van der Waals surface area contributed by atoms with Crippen LogP contribution in [0.25, 0.3) is 5.69 Å². The van der Waals surface area contributed by atoms with Crippen molar-refractivity contribution in [1.82, 2.24) is 15.1 Å². The molecule has 1 aromatic carbocycles. The molecule has 1 aromatic heterocycles. The minimum atomic E-state index is -0.512. The van der Waals surface area contributed by atoms with Crippen LogP contribution in [0.4, 0.5) is 5.69 Å². The molecule has 1 amide bonds. The van der Waals surface area contributed by atoms with Gasteiger partial charge in [-0.25, -0.2) is 4.68 Å². The quantitative estimate of drug-likeness (QED) is 0.372. The maximum absolute atomic E-state index is 13.0. The Balaban J connectivity index is 2.12. The fraction of sp³-hybridized carbons (Fsp3) is 0.458. The lowest BCUT2D eigenvalue weighted by atomic mass is 9.75. The maximum atomic E-state index is 13.0. The lowest BCUT2D eigenvalue weighted by Crippen LogP contribution is -2.28. The number of amides is 1. The molecule has 0 unspecified atom stereocenters. The van der Waals surface area contributed by atoms with Crippen LogP contribution in [0.2, 0.25) is 0 Å². The van der Waals surface area contributed by atoms with Gasteiger partial charge in [0.25, 0.3) is 11.6 Å². The Morgan fingerprint density at radius 3 is 2.72 bits per heavy atom. The molecule has 0 fully saturated rings. The smallest absolute Gasteiger partial charge is 0.295 e. The second-order valence-electron chi connectivity index (χ2n) is 9.51. The number of ketones is 1. The molecule has 0 spiro atoms. The van der Waals surface area contributed by atoms with Crippen molar-refractivity contribution in [2.45, 2.75) is 53.4 Å². The summed E-state index contributed by atoms with van der Waals surface area (Å²) in [7, 11) is 0. The molecular formula is C24H30N4O4. The highest BCUT2D eigenvalue weighted by atomic mass is 16.6. The predicted octanol–water partition coefficient (Wildman–Crippen LogP) is 4.44. The number of aromatic nitrogens is 2. The van der Waals surface area contributed by atoms with Crippen LogP contribution in [-0.4, -0.2) is 32.9 Å². The number of benzene rings is 1. The third-order valence-corrected chi connectivity index (χ3v) is 5.54. The minimum absolute atomic E-state index is 0.00824. The van der Waals surface area contributed by atoms with Gasteiger partial charge in [-0.2, -0.15) is 5.10 Å². The average Bonchev–Trinajstić information content (AvgIpc) is 3.07. The summed E-state index contributed by atoms with van der Waals surface area (Å²) in [5.74, 6) is -0.0913. The number of allylic oxidation sites excluding steroid dienone is 1. The molecule has 0 saturated carbocycles. The van der Waals surface area contributed by atoms with Crippen LogP contribution >= 0.6 is 0 Å². The van der Waals surface area contributed by atoms with Crippen molar-refractivity contribution in [2.75, 3.05) is 6.54 Å². The summed E-state index contributed by atoms with van der Waals surface area (Å²) in [5, 5.41) is 19.3. The van der Waals surface area contributed by atoms with Gasteiger partial charge in [-0.15, -0.1) is 6.58 Å². The van der Waals surface area contributed by atoms with Crippen LogP contribution in [-0.2, 0) is 12.8 Å². The van der Waals surface area contributed by atoms with Crippen LogP contribution in [0.15, 0.2) is 30.9 Å². The highest BCUT2D eigenvalue weighted by molar-refractivity contribution is 6.00. The standard InChI is InChI=1S/C24H30N4O4/c1-6-7-8-17-22-20(12-24(4,5)13-21(22)29)27(26-17)18-10-9-16(11-19(18)28(31)32)23(30)25-14-15(2)3/h6,9-11,15H,1,7-8,12-14H2,2-5H3,(H,25,30). The molecule has 0 saturated heterocycles. The number of nitro benzene ring substituents is 1. The number of carbonyl (C=O) groups excluding carboxylic acids is 2. The number of nitrogens with zero attached hydrogens (tertiary/aromatic N) is 3. The summed E-state index contributed by atoms with van der Waals surface area (Å²) in [6.45, 7) is 12.2. The van der Waals surface area contributed by atoms with Gasteiger partial charge in [0.15, 0.2) is 5.78 Å². The van der Waals surface area contributed by atoms with Gasteiger partial charge in [0.2, 0.25) is 0 Å². The largest absolute Gasteiger partial charge is 0.352 e. The summed E-state index contributed by atoms with van der Waals surface area (Å²) in [4.78, 5) is 36.8. The molecule has 170 valence electrons. The van der Waals surface area contributed by atoms with Gasteiger partial charge in [0.05, 0.1) is 21.9 Å². The van der Waals surface area contributed by atoms with E-state index < -0.39 is 4.92 Å². The minimum Gasteiger partial charge on any atom is -0.352 e. The van der Waals surface area contributed by atoms with E-state index >= 15 is 0 Å². The van der Waals surface area contributed by atoms with E-state index in [4.69, 9.17) is 0 Å². The Hall–Kier alpha value is -3.29. The molecule has 1 N–H and O–H groups in total. The third kappa shape index (κ3) is 4.79. The van der Waals surface area contributed by atoms with E-state index in [-0.39, 0.29) is 40.0 Å². The summed E-state index contributed by atoms with van der Waals surface area (Å²) < 4.78 is 1.53. The second kappa shape index (κ2) is 9.06. The molecule has 0 atom stereocenters. The number of Topliss-reactive ketones (excluding diaryl/α,β-unsaturated/α-hetero) is 1. The van der Waals surface area contributed by atoms with Gasteiger partial charge >= 0.3 is 0 Å². The van der Waals surface area contributed by atoms with Gasteiger partial charge in [0, 0.05) is 24.6 Å². The van der Waals surface area contributed by atoms with Crippen molar-refractivity contribution in [1.29, 1.82) is 0 Å². The van der Waals surface area contributed by atoms with E-state index in [1.54, 1.807) is 18.2 Å². The van der Waals surface area contributed by atoms with Crippen molar-refractivity contribution >= 4 is 17.4 Å². The first-order valence-corrected chi connectivity index (χ1v) is 10.9. The number of aryl methyl sites for hydroxylation is 1. The first-order valence-electron chi connectivity index (χ1n) is 10.9. The Kier molecular flexibility index (Phi) is 6.62. The van der Waals surface area contributed by atoms with Gasteiger partial charge in [-0.05, 0) is 42.7 Å². The number of hydrogen-bond donors (Lipinski definition) is 1. The van der Waals surface area contributed by atoms with Crippen molar-refractivity contribution in [3.8, 4) is 5.69 Å². The fourth-order valence-corrected chi connectivity index (χ4v) is 4.03. The van der Waals surface area contributed by atoms with Gasteiger partial charge in [-0.1, -0.05) is 33.8 Å². The summed E-state index contributed by atoms with van der Waals surface area (Å²) in [5.41, 5.74) is 1.85.